The fraction of sp³-hybridized carbons (Fsp3) is 0. The van der Waals surface area contributed by atoms with Crippen molar-refractivity contribution in [1.82, 2.24) is 9.55 Å². The second-order valence-electron chi connectivity index (χ2n) is 4.08. The topological polar surface area (TPSA) is 92.8 Å². The molecule has 1 aromatic heterocycles. The SMILES string of the molecule is N#Cc1c(-c2cccc(Br)c2)n2c(nc1=O)SC(=O)C2=O. The molecule has 0 fully saturated rings. The maximum atomic E-state index is 12.0. The quantitative estimate of drug-likeness (QED) is 0.568. The predicted octanol–water partition coefficient (Wildman–Crippen LogP) is 1.82. The predicted molar refractivity (Wildman–Crippen MR) is 77.8 cm³/mol. The Balaban J connectivity index is 2.45. The van der Waals surface area contributed by atoms with E-state index in [-0.39, 0.29) is 16.4 Å². The molecule has 8 heteroatoms. The largest absolute Gasteiger partial charge is 0.312 e. The lowest BCUT2D eigenvalue weighted by Crippen LogP contribution is -2.22. The zero-order valence-electron chi connectivity index (χ0n) is 10.2. The lowest BCUT2D eigenvalue weighted by Gasteiger charge is -2.10. The minimum atomic E-state index is -0.811. The van der Waals surface area contributed by atoms with Crippen molar-refractivity contribution < 1.29 is 9.59 Å². The number of halogens is 1. The van der Waals surface area contributed by atoms with Crippen LogP contribution in [0.25, 0.3) is 11.3 Å². The van der Waals surface area contributed by atoms with Gasteiger partial charge >= 0.3 is 5.91 Å². The molecule has 0 saturated carbocycles. The summed E-state index contributed by atoms with van der Waals surface area (Å²) in [5.74, 6) is -0.811. The molecule has 0 amide bonds. The number of fused-ring (bicyclic) bond motifs is 1. The van der Waals surface area contributed by atoms with Gasteiger partial charge in [0, 0.05) is 10.0 Å². The number of benzene rings is 1. The summed E-state index contributed by atoms with van der Waals surface area (Å²) in [5, 5.41) is 8.46. The van der Waals surface area contributed by atoms with E-state index in [0.717, 1.165) is 4.57 Å². The highest BCUT2D eigenvalue weighted by Gasteiger charge is 2.34. The molecule has 0 saturated heterocycles. The van der Waals surface area contributed by atoms with Crippen LogP contribution in [0, 0.1) is 11.3 Å². The van der Waals surface area contributed by atoms with Crippen molar-refractivity contribution in [2.75, 3.05) is 0 Å². The maximum Gasteiger partial charge on any atom is 0.312 e. The van der Waals surface area contributed by atoms with E-state index in [1.54, 1.807) is 30.3 Å². The molecular weight excluding hydrogens is 358 g/mol. The van der Waals surface area contributed by atoms with Crippen LogP contribution < -0.4 is 5.56 Å². The molecule has 2 aromatic rings. The third kappa shape index (κ3) is 2.11. The summed E-state index contributed by atoms with van der Waals surface area (Å²) in [4.78, 5) is 39.1. The molecule has 102 valence electrons. The fourth-order valence-corrected chi connectivity index (χ4v) is 3.12. The van der Waals surface area contributed by atoms with Crippen molar-refractivity contribution in [1.29, 1.82) is 5.26 Å². The highest BCUT2D eigenvalue weighted by atomic mass is 79.9. The summed E-state index contributed by atoms with van der Waals surface area (Å²) < 4.78 is 1.74. The number of rotatable bonds is 1. The summed E-state index contributed by atoms with van der Waals surface area (Å²) in [6.45, 7) is 0. The average molecular weight is 362 g/mol. The Hall–Kier alpha value is -2.24. The number of hydrogen-bond donors (Lipinski definition) is 0. The van der Waals surface area contributed by atoms with Crippen LogP contribution in [0.1, 0.15) is 10.4 Å². The van der Waals surface area contributed by atoms with E-state index in [2.05, 4.69) is 20.9 Å². The zero-order valence-corrected chi connectivity index (χ0v) is 12.6. The third-order valence-corrected chi connectivity index (χ3v) is 4.14. The number of nitriles is 1. The molecule has 0 spiro atoms. The van der Waals surface area contributed by atoms with Gasteiger partial charge in [-0.2, -0.15) is 10.2 Å². The van der Waals surface area contributed by atoms with Crippen LogP contribution in [0.2, 0.25) is 0 Å². The van der Waals surface area contributed by atoms with Gasteiger partial charge in [0.05, 0.1) is 5.69 Å². The van der Waals surface area contributed by atoms with E-state index in [1.165, 1.54) is 0 Å². The molecule has 0 atom stereocenters. The van der Waals surface area contributed by atoms with Gasteiger partial charge in [-0.3, -0.25) is 14.4 Å². The van der Waals surface area contributed by atoms with Crippen molar-refractivity contribution in [3.63, 3.8) is 0 Å². The Bertz CT molecular complexity index is 914. The smallest absolute Gasteiger partial charge is 0.275 e. The van der Waals surface area contributed by atoms with Gasteiger partial charge in [0.2, 0.25) is 0 Å². The number of hydrogen-bond acceptors (Lipinski definition) is 6. The van der Waals surface area contributed by atoms with Gasteiger partial charge in [0.1, 0.15) is 11.6 Å². The summed E-state index contributed by atoms with van der Waals surface area (Å²) in [7, 11) is 0. The number of carbonyl (C=O) groups is 2. The van der Waals surface area contributed by atoms with Gasteiger partial charge in [-0.15, -0.1) is 0 Å². The van der Waals surface area contributed by atoms with Crippen molar-refractivity contribution in [2.45, 2.75) is 5.16 Å². The van der Waals surface area contributed by atoms with Crippen LogP contribution in [0.3, 0.4) is 0 Å². The number of carbonyl (C=O) groups excluding carboxylic acids is 2. The molecule has 0 bridgehead atoms. The normalized spacial score (nSPS) is 13.1. The standard InChI is InChI=1S/C13H4BrN3O3S/c14-7-3-1-2-6(4-7)9-8(5-15)10(18)16-13-17(9)11(19)12(20)21-13/h1-4H. The molecule has 3 rings (SSSR count). The van der Waals surface area contributed by atoms with Crippen LogP contribution in [-0.4, -0.2) is 20.6 Å². The van der Waals surface area contributed by atoms with Crippen LogP contribution in [0.5, 0.6) is 0 Å². The van der Waals surface area contributed by atoms with Crippen molar-refractivity contribution in [2.24, 2.45) is 0 Å². The number of nitrogens with zero attached hydrogens (tertiary/aromatic N) is 3. The van der Waals surface area contributed by atoms with Gasteiger partial charge in [-0.25, -0.2) is 4.57 Å². The lowest BCUT2D eigenvalue weighted by atomic mass is 10.1. The van der Waals surface area contributed by atoms with E-state index in [4.69, 9.17) is 0 Å². The number of aromatic nitrogens is 2. The van der Waals surface area contributed by atoms with Gasteiger partial charge in [-0.1, -0.05) is 28.1 Å². The third-order valence-electron chi connectivity index (χ3n) is 2.83. The Morgan fingerprint density at radius 1 is 1.29 bits per heavy atom. The lowest BCUT2D eigenvalue weighted by molar-refractivity contribution is -0.107. The maximum absolute atomic E-state index is 12.0. The minimum Gasteiger partial charge on any atom is -0.275 e. The highest BCUT2D eigenvalue weighted by molar-refractivity contribution is 9.10. The Kier molecular flexibility index (Phi) is 3.23. The molecule has 0 N–H and O–H groups in total. The van der Waals surface area contributed by atoms with Gasteiger partial charge in [-0.05, 0) is 23.9 Å². The summed E-state index contributed by atoms with van der Waals surface area (Å²) in [5.41, 5.74) is -0.447. The van der Waals surface area contributed by atoms with Crippen molar-refractivity contribution >= 4 is 38.7 Å². The zero-order chi connectivity index (χ0) is 15.1. The van der Waals surface area contributed by atoms with E-state index < -0.39 is 16.6 Å². The first kappa shape index (κ1) is 13.7. The second-order valence-corrected chi connectivity index (χ2v) is 5.93. The summed E-state index contributed by atoms with van der Waals surface area (Å²) >= 11 is 3.88. The Morgan fingerprint density at radius 2 is 2.05 bits per heavy atom. The molecule has 1 aromatic carbocycles. The van der Waals surface area contributed by atoms with Crippen molar-refractivity contribution in [3.8, 4) is 17.3 Å². The molecule has 6 nitrogen and oxygen atoms in total. The van der Waals surface area contributed by atoms with Gasteiger partial charge in [0.15, 0.2) is 5.16 Å². The molecule has 21 heavy (non-hydrogen) atoms. The molecule has 0 aliphatic carbocycles. The molecule has 1 aliphatic rings. The molecule has 2 heterocycles. The fourth-order valence-electron chi connectivity index (χ4n) is 1.99. The van der Waals surface area contributed by atoms with Gasteiger partial charge < -0.3 is 0 Å². The first-order chi connectivity index (χ1) is 10.0. The number of thioether (sulfide) groups is 1. The Morgan fingerprint density at radius 3 is 2.71 bits per heavy atom. The molecule has 0 unspecified atom stereocenters. The van der Waals surface area contributed by atoms with E-state index >= 15 is 0 Å². The monoisotopic (exact) mass is 361 g/mol. The first-order valence-corrected chi connectivity index (χ1v) is 7.23. The Labute approximate surface area is 130 Å². The van der Waals surface area contributed by atoms with Crippen LogP contribution >= 0.6 is 27.7 Å². The van der Waals surface area contributed by atoms with E-state index in [9.17, 15) is 19.6 Å². The molecule has 1 aliphatic heterocycles. The van der Waals surface area contributed by atoms with Gasteiger partial charge in [0.25, 0.3) is 10.7 Å². The van der Waals surface area contributed by atoms with Crippen LogP contribution in [-0.2, 0) is 4.79 Å². The van der Waals surface area contributed by atoms with E-state index in [1.807, 2.05) is 0 Å². The average Bonchev–Trinajstić information content (AvgIpc) is 2.72. The minimum absolute atomic E-state index is 0.0102. The summed E-state index contributed by atoms with van der Waals surface area (Å²) in [6, 6.07) is 8.53. The van der Waals surface area contributed by atoms with Crippen LogP contribution in [0.4, 0.5) is 0 Å². The van der Waals surface area contributed by atoms with Crippen molar-refractivity contribution in [3.05, 3.63) is 44.7 Å². The highest BCUT2D eigenvalue weighted by Crippen LogP contribution is 2.32. The molecule has 0 radical (unpaired) electrons. The first-order valence-electron chi connectivity index (χ1n) is 5.62. The van der Waals surface area contributed by atoms with Crippen LogP contribution in [0.15, 0.2) is 38.7 Å². The summed E-state index contributed by atoms with van der Waals surface area (Å²) in [6.07, 6.45) is 0. The van der Waals surface area contributed by atoms with E-state index in [0.29, 0.717) is 21.8 Å². The molecular formula is C13H4BrN3O3S. The second kappa shape index (κ2) is 4.95.